The van der Waals surface area contributed by atoms with Crippen molar-refractivity contribution < 1.29 is 8.78 Å². The predicted molar refractivity (Wildman–Crippen MR) is 61.4 cm³/mol. The topological polar surface area (TPSA) is 54.7 Å². The van der Waals surface area contributed by atoms with E-state index in [0.29, 0.717) is 18.1 Å². The Morgan fingerprint density at radius 3 is 2.88 bits per heavy atom. The number of aromatic nitrogens is 2. The van der Waals surface area contributed by atoms with Gasteiger partial charge in [0.1, 0.15) is 5.82 Å². The quantitative estimate of drug-likeness (QED) is 0.861. The molecule has 1 atom stereocenters. The number of nitrogens with zero attached hydrogens (tertiary/aromatic N) is 1. The Kier molecular flexibility index (Phi) is 3.19. The van der Waals surface area contributed by atoms with Gasteiger partial charge in [0.05, 0.1) is 11.9 Å². The molecule has 3 N–H and O–H groups in total. The van der Waals surface area contributed by atoms with Crippen molar-refractivity contribution in [3.8, 4) is 11.3 Å². The molecule has 1 aromatic heterocycles. The van der Waals surface area contributed by atoms with E-state index in [0.717, 1.165) is 6.07 Å². The highest BCUT2D eigenvalue weighted by atomic mass is 19.2. The van der Waals surface area contributed by atoms with Crippen LogP contribution in [0.25, 0.3) is 11.3 Å². The number of nitrogens with one attached hydrogen (secondary N) is 1. The molecule has 2 aromatic rings. The van der Waals surface area contributed by atoms with Gasteiger partial charge >= 0.3 is 0 Å². The van der Waals surface area contributed by atoms with Gasteiger partial charge in [0.2, 0.25) is 0 Å². The summed E-state index contributed by atoms with van der Waals surface area (Å²) in [6.45, 7) is 2.35. The number of rotatable bonds is 3. The van der Waals surface area contributed by atoms with E-state index in [9.17, 15) is 8.78 Å². The van der Waals surface area contributed by atoms with Gasteiger partial charge in [-0.3, -0.25) is 0 Å². The van der Waals surface area contributed by atoms with Gasteiger partial charge in [0, 0.05) is 18.0 Å². The molecule has 0 amide bonds. The minimum atomic E-state index is -0.872. The van der Waals surface area contributed by atoms with Crippen LogP contribution in [0.1, 0.15) is 18.7 Å². The molecule has 0 spiro atoms. The molecule has 0 fully saturated rings. The fraction of sp³-hybridized carbons (Fsp3) is 0.250. The average molecular weight is 237 g/mol. The van der Waals surface area contributed by atoms with Gasteiger partial charge in [-0.2, -0.15) is 0 Å². The minimum absolute atomic E-state index is 0.0559. The van der Waals surface area contributed by atoms with Crippen molar-refractivity contribution in [2.45, 2.75) is 12.8 Å². The summed E-state index contributed by atoms with van der Waals surface area (Å²) in [4.78, 5) is 7.06. The highest BCUT2D eigenvalue weighted by Crippen LogP contribution is 2.24. The van der Waals surface area contributed by atoms with Crippen LogP contribution in [-0.2, 0) is 0 Å². The standard InChI is InChI=1S/C12H13F2N3/c1-7(5-15)12-16-6-10(17-12)8-3-2-4-9(13)11(8)14/h2-4,6-7H,5,15H2,1H3,(H,16,17). The van der Waals surface area contributed by atoms with E-state index in [-0.39, 0.29) is 11.5 Å². The molecular weight excluding hydrogens is 224 g/mol. The molecule has 1 unspecified atom stereocenters. The number of nitrogens with two attached hydrogens (primary N) is 1. The maximum absolute atomic E-state index is 13.5. The van der Waals surface area contributed by atoms with E-state index < -0.39 is 11.6 Å². The van der Waals surface area contributed by atoms with Crippen molar-refractivity contribution in [3.63, 3.8) is 0 Å². The zero-order valence-corrected chi connectivity index (χ0v) is 9.37. The Balaban J connectivity index is 2.40. The summed E-state index contributed by atoms with van der Waals surface area (Å²) in [6.07, 6.45) is 1.49. The van der Waals surface area contributed by atoms with E-state index in [1.807, 2.05) is 6.92 Å². The van der Waals surface area contributed by atoms with Crippen molar-refractivity contribution in [3.05, 3.63) is 41.9 Å². The Labute approximate surface area is 97.7 Å². The number of H-pyrrole nitrogens is 1. The first kappa shape index (κ1) is 11.7. The lowest BCUT2D eigenvalue weighted by Gasteiger charge is -2.04. The molecule has 17 heavy (non-hydrogen) atoms. The predicted octanol–water partition coefficient (Wildman–Crippen LogP) is 2.42. The number of hydrogen-bond acceptors (Lipinski definition) is 2. The van der Waals surface area contributed by atoms with Crippen molar-refractivity contribution >= 4 is 0 Å². The van der Waals surface area contributed by atoms with Gasteiger partial charge in [0.25, 0.3) is 0 Å². The number of hydrogen-bond donors (Lipinski definition) is 2. The monoisotopic (exact) mass is 237 g/mol. The summed E-state index contributed by atoms with van der Waals surface area (Å²) < 4.78 is 26.6. The fourth-order valence-electron chi connectivity index (χ4n) is 1.55. The molecule has 1 aromatic carbocycles. The highest BCUT2D eigenvalue weighted by Gasteiger charge is 2.13. The zero-order valence-electron chi connectivity index (χ0n) is 9.37. The molecule has 0 bridgehead atoms. The molecule has 0 aliphatic heterocycles. The van der Waals surface area contributed by atoms with Gasteiger partial charge in [-0.15, -0.1) is 0 Å². The molecule has 3 nitrogen and oxygen atoms in total. The molecule has 2 rings (SSSR count). The molecule has 0 radical (unpaired) electrons. The Bertz CT molecular complexity index is 522. The lowest BCUT2D eigenvalue weighted by Crippen LogP contribution is -2.10. The lowest BCUT2D eigenvalue weighted by molar-refractivity contribution is 0.511. The normalized spacial score (nSPS) is 12.7. The summed E-state index contributed by atoms with van der Waals surface area (Å²) in [5.74, 6) is -1.01. The van der Waals surface area contributed by atoms with E-state index in [1.165, 1.54) is 18.3 Å². The largest absolute Gasteiger partial charge is 0.342 e. The molecule has 0 saturated carbocycles. The maximum atomic E-state index is 13.5. The van der Waals surface area contributed by atoms with E-state index in [1.54, 1.807) is 0 Å². The molecular formula is C12H13F2N3. The van der Waals surface area contributed by atoms with Crippen molar-refractivity contribution in [1.82, 2.24) is 9.97 Å². The van der Waals surface area contributed by atoms with Crippen LogP contribution in [0.3, 0.4) is 0 Å². The Hall–Kier alpha value is -1.75. The van der Waals surface area contributed by atoms with Crippen molar-refractivity contribution in [1.29, 1.82) is 0 Å². The van der Waals surface area contributed by atoms with E-state index in [2.05, 4.69) is 9.97 Å². The van der Waals surface area contributed by atoms with E-state index in [4.69, 9.17) is 5.73 Å². The summed E-state index contributed by atoms with van der Waals surface area (Å²) in [7, 11) is 0. The third kappa shape index (κ3) is 2.19. The van der Waals surface area contributed by atoms with Gasteiger partial charge in [0.15, 0.2) is 11.6 Å². The second-order valence-electron chi connectivity index (χ2n) is 3.92. The average Bonchev–Trinajstić information content (AvgIpc) is 2.81. The van der Waals surface area contributed by atoms with Gasteiger partial charge in [-0.05, 0) is 12.1 Å². The summed E-state index contributed by atoms with van der Waals surface area (Å²) in [6, 6.07) is 4.04. The number of benzene rings is 1. The van der Waals surface area contributed by atoms with Crippen LogP contribution in [0.15, 0.2) is 24.4 Å². The first-order chi connectivity index (χ1) is 8.13. The first-order valence-electron chi connectivity index (χ1n) is 5.32. The highest BCUT2D eigenvalue weighted by molar-refractivity contribution is 5.59. The van der Waals surface area contributed by atoms with Gasteiger partial charge in [-0.25, -0.2) is 13.8 Å². The van der Waals surface area contributed by atoms with Crippen LogP contribution in [0.2, 0.25) is 0 Å². The number of halogens is 2. The smallest absolute Gasteiger partial charge is 0.168 e. The van der Waals surface area contributed by atoms with Crippen molar-refractivity contribution in [2.24, 2.45) is 5.73 Å². The number of imidazole rings is 1. The number of aromatic amines is 1. The van der Waals surface area contributed by atoms with E-state index >= 15 is 0 Å². The molecule has 0 aliphatic rings. The second kappa shape index (κ2) is 4.63. The van der Waals surface area contributed by atoms with Crippen LogP contribution < -0.4 is 5.73 Å². The van der Waals surface area contributed by atoms with Gasteiger partial charge < -0.3 is 10.7 Å². The molecule has 0 aliphatic carbocycles. The Morgan fingerprint density at radius 2 is 2.18 bits per heavy atom. The third-order valence-electron chi connectivity index (χ3n) is 2.66. The van der Waals surface area contributed by atoms with Gasteiger partial charge in [-0.1, -0.05) is 13.0 Å². The fourth-order valence-corrected chi connectivity index (χ4v) is 1.55. The molecule has 5 heteroatoms. The molecule has 90 valence electrons. The van der Waals surface area contributed by atoms with Crippen LogP contribution in [0, 0.1) is 11.6 Å². The first-order valence-corrected chi connectivity index (χ1v) is 5.32. The van der Waals surface area contributed by atoms with Crippen LogP contribution in [0.4, 0.5) is 8.78 Å². The third-order valence-corrected chi connectivity index (χ3v) is 2.66. The summed E-state index contributed by atoms with van der Waals surface area (Å²) in [5, 5.41) is 0. The zero-order chi connectivity index (χ0) is 12.4. The molecule has 0 saturated heterocycles. The van der Waals surface area contributed by atoms with Crippen LogP contribution in [-0.4, -0.2) is 16.5 Å². The Morgan fingerprint density at radius 1 is 1.41 bits per heavy atom. The lowest BCUT2D eigenvalue weighted by atomic mass is 10.1. The van der Waals surface area contributed by atoms with Crippen LogP contribution >= 0.6 is 0 Å². The van der Waals surface area contributed by atoms with Crippen molar-refractivity contribution in [2.75, 3.05) is 6.54 Å². The molecule has 1 heterocycles. The van der Waals surface area contributed by atoms with Crippen LogP contribution in [0.5, 0.6) is 0 Å². The minimum Gasteiger partial charge on any atom is -0.342 e. The summed E-state index contributed by atoms with van der Waals surface area (Å²) in [5.41, 5.74) is 6.14. The second-order valence-corrected chi connectivity index (χ2v) is 3.92. The SMILES string of the molecule is CC(CN)c1ncc(-c2cccc(F)c2F)[nH]1. The summed E-state index contributed by atoms with van der Waals surface area (Å²) >= 11 is 0. The maximum Gasteiger partial charge on any atom is 0.168 e.